The fourth-order valence-electron chi connectivity index (χ4n) is 2.31. The molecule has 0 saturated carbocycles. The molecule has 0 aliphatic heterocycles. The van der Waals surface area contributed by atoms with Crippen LogP contribution in [-0.2, 0) is 0 Å². The van der Waals surface area contributed by atoms with E-state index in [4.69, 9.17) is 0 Å². The first kappa shape index (κ1) is 14.7. The molecule has 0 aliphatic carbocycles. The monoisotopic (exact) mass is 408 g/mol. The second-order valence-electron chi connectivity index (χ2n) is 4.82. The molecule has 1 N–H and O–H groups in total. The highest BCUT2D eigenvalue weighted by Gasteiger charge is 2.15. The highest BCUT2D eigenvalue weighted by atomic mass is 79.9. The quantitative estimate of drug-likeness (QED) is 0.585. The van der Waals surface area contributed by atoms with Gasteiger partial charge in [0.25, 0.3) is 0 Å². The van der Waals surface area contributed by atoms with Crippen LogP contribution in [0.15, 0.2) is 63.5 Å². The number of fused-ring (bicyclic) bond motifs is 1. The molecule has 3 aromatic rings. The summed E-state index contributed by atoms with van der Waals surface area (Å²) in [5.74, 6) is -0.415. The number of benzene rings is 3. The van der Waals surface area contributed by atoms with Gasteiger partial charge in [-0.15, -0.1) is 0 Å². The molecule has 0 saturated heterocycles. The summed E-state index contributed by atoms with van der Waals surface area (Å²) in [5.41, 5.74) is 0.933. The average Bonchev–Trinajstić information content (AvgIpc) is 2.48. The van der Waals surface area contributed by atoms with E-state index in [1.165, 1.54) is 6.07 Å². The van der Waals surface area contributed by atoms with E-state index in [2.05, 4.69) is 31.9 Å². The molecule has 21 heavy (non-hydrogen) atoms. The van der Waals surface area contributed by atoms with E-state index in [0.717, 1.165) is 19.7 Å². The van der Waals surface area contributed by atoms with Crippen LogP contribution >= 0.6 is 31.9 Å². The Labute approximate surface area is 138 Å². The van der Waals surface area contributed by atoms with Crippen LogP contribution in [0.25, 0.3) is 10.8 Å². The minimum absolute atomic E-state index is 0.265. The van der Waals surface area contributed by atoms with Gasteiger partial charge in [-0.3, -0.25) is 0 Å². The van der Waals surface area contributed by atoms with Gasteiger partial charge >= 0.3 is 0 Å². The Hall–Kier alpha value is -1.23. The van der Waals surface area contributed by atoms with Crippen molar-refractivity contribution in [2.24, 2.45) is 0 Å². The van der Waals surface area contributed by atoms with Crippen LogP contribution in [0.1, 0.15) is 17.2 Å². The highest BCUT2D eigenvalue weighted by molar-refractivity contribution is 9.10. The van der Waals surface area contributed by atoms with Gasteiger partial charge in [0.05, 0.1) is 0 Å². The molecule has 1 atom stereocenters. The van der Waals surface area contributed by atoms with Crippen molar-refractivity contribution in [2.75, 3.05) is 0 Å². The van der Waals surface area contributed by atoms with Gasteiger partial charge in [-0.25, -0.2) is 4.39 Å². The summed E-state index contributed by atoms with van der Waals surface area (Å²) in [6.45, 7) is 0. The molecule has 0 fully saturated rings. The molecule has 1 unspecified atom stereocenters. The minimum atomic E-state index is -0.990. The van der Waals surface area contributed by atoms with Crippen molar-refractivity contribution in [1.82, 2.24) is 0 Å². The lowest BCUT2D eigenvalue weighted by atomic mass is 9.98. The molecule has 106 valence electrons. The van der Waals surface area contributed by atoms with Gasteiger partial charge in [-0.1, -0.05) is 50.1 Å². The Kier molecular flexibility index (Phi) is 4.11. The van der Waals surface area contributed by atoms with Crippen molar-refractivity contribution < 1.29 is 9.50 Å². The topological polar surface area (TPSA) is 20.2 Å². The molecule has 0 aromatic heterocycles. The largest absolute Gasteiger partial charge is 0.384 e. The Morgan fingerprint density at radius 1 is 0.810 bits per heavy atom. The molecule has 4 heteroatoms. The minimum Gasteiger partial charge on any atom is -0.384 e. The van der Waals surface area contributed by atoms with E-state index in [1.54, 1.807) is 12.1 Å². The first-order valence-electron chi connectivity index (χ1n) is 6.37. The van der Waals surface area contributed by atoms with Crippen LogP contribution in [0.2, 0.25) is 0 Å². The van der Waals surface area contributed by atoms with Crippen LogP contribution in [0.5, 0.6) is 0 Å². The van der Waals surface area contributed by atoms with E-state index in [-0.39, 0.29) is 5.56 Å². The normalized spacial score (nSPS) is 12.6. The van der Waals surface area contributed by atoms with Crippen molar-refractivity contribution in [3.05, 3.63) is 80.5 Å². The lowest BCUT2D eigenvalue weighted by molar-refractivity contribution is 0.215. The first-order valence-corrected chi connectivity index (χ1v) is 7.95. The summed E-state index contributed by atoms with van der Waals surface area (Å²) in [7, 11) is 0. The molecule has 3 rings (SSSR count). The van der Waals surface area contributed by atoms with Gasteiger partial charge in [-0.2, -0.15) is 0 Å². The van der Waals surface area contributed by atoms with Crippen LogP contribution in [-0.4, -0.2) is 5.11 Å². The smallest absolute Gasteiger partial charge is 0.129 e. The highest BCUT2D eigenvalue weighted by Crippen LogP contribution is 2.29. The van der Waals surface area contributed by atoms with E-state index >= 15 is 0 Å². The van der Waals surface area contributed by atoms with Crippen LogP contribution in [0, 0.1) is 5.82 Å². The van der Waals surface area contributed by atoms with Crippen LogP contribution in [0.3, 0.4) is 0 Å². The molecular weight excluding hydrogens is 399 g/mol. The molecular formula is C17H11Br2FO. The van der Waals surface area contributed by atoms with Crippen molar-refractivity contribution in [3.8, 4) is 0 Å². The van der Waals surface area contributed by atoms with E-state index in [0.29, 0.717) is 5.56 Å². The second-order valence-corrected chi connectivity index (χ2v) is 6.65. The van der Waals surface area contributed by atoms with Crippen molar-refractivity contribution in [3.63, 3.8) is 0 Å². The molecule has 0 spiro atoms. The molecule has 0 bridgehead atoms. The Bertz CT molecular complexity index is 817. The third-order valence-corrected chi connectivity index (χ3v) is 4.38. The van der Waals surface area contributed by atoms with Crippen LogP contribution < -0.4 is 0 Å². The third kappa shape index (κ3) is 3.03. The van der Waals surface area contributed by atoms with Gasteiger partial charge in [0.2, 0.25) is 0 Å². The Morgan fingerprint density at radius 3 is 2.24 bits per heavy atom. The second kappa shape index (κ2) is 5.87. The SMILES string of the molecule is OC(c1ccc2cc(Br)ccc2c1)c1cc(Br)ccc1F. The summed E-state index contributed by atoms with van der Waals surface area (Å²) >= 11 is 6.73. The molecule has 0 amide bonds. The zero-order valence-electron chi connectivity index (χ0n) is 10.9. The number of rotatable bonds is 2. The summed E-state index contributed by atoms with van der Waals surface area (Å²) in [4.78, 5) is 0. The van der Waals surface area contributed by atoms with E-state index in [9.17, 15) is 9.50 Å². The van der Waals surface area contributed by atoms with Gasteiger partial charge in [0.1, 0.15) is 11.9 Å². The molecule has 3 aromatic carbocycles. The van der Waals surface area contributed by atoms with Gasteiger partial charge in [0, 0.05) is 14.5 Å². The fourth-order valence-corrected chi connectivity index (χ4v) is 3.07. The molecule has 0 radical (unpaired) electrons. The van der Waals surface area contributed by atoms with E-state index < -0.39 is 11.9 Å². The zero-order valence-corrected chi connectivity index (χ0v) is 14.0. The Morgan fingerprint density at radius 2 is 1.43 bits per heavy atom. The zero-order chi connectivity index (χ0) is 15.0. The first-order chi connectivity index (χ1) is 10.0. The molecule has 0 aliphatic rings. The van der Waals surface area contributed by atoms with Crippen LogP contribution in [0.4, 0.5) is 4.39 Å². The van der Waals surface area contributed by atoms with E-state index in [1.807, 2.05) is 36.4 Å². The summed E-state index contributed by atoms with van der Waals surface area (Å²) in [5, 5.41) is 12.5. The van der Waals surface area contributed by atoms with Crippen molar-refractivity contribution in [1.29, 1.82) is 0 Å². The van der Waals surface area contributed by atoms with Gasteiger partial charge in [-0.05, 0) is 52.7 Å². The summed E-state index contributed by atoms with van der Waals surface area (Å²) < 4.78 is 15.6. The van der Waals surface area contributed by atoms with Crippen molar-refractivity contribution in [2.45, 2.75) is 6.10 Å². The standard InChI is InChI=1S/C17H11Br2FO/c18-13-4-3-10-7-12(2-1-11(10)8-13)17(21)15-9-14(19)5-6-16(15)20/h1-9,17,21H. The molecule has 1 nitrogen and oxygen atoms in total. The predicted octanol–water partition coefficient (Wildman–Crippen LogP) is 5.59. The van der Waals surface area contributed by atoms with Crippen molar-refractivity contribution >= 4 is 42.6 Å². The maximum absolute atomic E-state index is 13.9. The lowest BCUT2D eigenvalue weighted by Gasteiger charge is -2.14. The maximum Gasteiger partial charge on any atom is 0.129 e. The maximum atomic E-state index is 13.9. The lowest BCUT2D eigenvalue weighted by Crippen LogP contribution is -2.02. The summed E-state index contributed by atoms with van der Waals surface area (Å²) in [6.07, 6.45) is -0.990. The fraction of sp³-hybridized carbons (Fsp3) is 0.0588. The van der Waals surface area contributed by atoms with Gasteiger partial charge < -0.3 is 5.11 Å². The number of hydrogen-bond acceptors (Lipinski definition) is 1. The number of aliphatic hydroxyl groups is 1. The number of hydrogen-bond donors (Lipinski definition) is 1. The number of halogens is 3. The third-order valence-electron chi connectivity index (χ3n) is 3.39. The predicted molar refractivity (Wildman–Crippen MR) is 89.8 cm³/mol. The summed E-state index contributed by atoms with van der Waals surface area (Å²) in [6, 6.07) is 16.1. The Balaban J connectivity index is 2.07. The van der Waals surface area contributed by atoms with Gasteiger partial charge in [0.15, 0.2) is 0 Å². The molecule has 0 heterocycles. The average molecular weight is 410 g/mol. The number of aliphatic hydroxyl groups excluding tert-OH is 1.